The average Bonchev–Trinajstić information content (AvgIpc) is 2.82. The molecule has 0 aliphatic heterocycles. The first kappa shape index (κ1) is 22.8. The third-order valence-electron chi connectivity index (χ3n) is 4.56. The Labute approximate surface area is 187 Å². The number of ether oxygens (including phenoxy) is 2. The molecule has 2 aromatic carbocycles. The minimum atomic E-state index is -0.248. The Kier molecular flexibility index (Phi) is 8.62. The molecule has 0 aliphatic carbocycles. The summed E-state index contributed by atoms with van der Waals surface area (Å²) in [6.45, 7) is 3.34. The fraction of sp³-hybridized carbons (Fsp3) is 0.240. The normalized spacial score (nSPS) is 10.3. The first-order valence-corrected chi connectivity index (χ1v) is 10.5. The molecule has 0 saturated heterocycles. The fourth-order valence-corrected chi connectivity index (χ4v) is 3.01. The molecular formula is C25H27N3O4. The van der Waals surface area contributed by atoms with Gasteiger partial charge in [0.05, 0.1) is 13.0 Å². The minimum absolute atomic E-state index is 0.0841. The molecule has 3 aromatic rings. The van der Waals surface area contributed by atoms with Crippen LogP contribution in [0.4, 0.5) is 0 Å². The van der Waals surface area contributed by atoms with E-state index in [0.717, 1.165) is 11.1 Å². The van der Waals surface area contributed by atoms with Crippen molar-refractivity contribution in [1.29, 1.82) is 0 Å². The van der Waals surface area contributed by atoms with Crippen molar-refractivity contribution in [3.63, 3.8) is 0 Å². The number of aromatic nitrogens is 1. The zero-order valence-corrected chi connectivity index (χ0v) is 18.0. The molecule has 1 aromatic heterocycles. The van der Waals surface area contributed by atoms with Gasteiger partial charge in [-0.15, -0.1) is 0 Å². The van der Waals surface area contributed by atoms with Gasteiger partial charge in [0.2, 0.25) is 5.91 Å². The van der Waals surface area contributed by atoms with Crippen LogP contribution in [0.2, 0.25) is 0 Å². The van der Waals surface area contributed by atoms with Gasteiger partial charge in [0.1, 0.15) is 6.61 Å². The predicted molar refractivity (Wildman–Crippen MR) is 122 cm³/mol. The van der Waals surface area contributed by atoms with Crippen molar-refractivity contribution in [3.05, 3.63) is 89.7 Å². The smallest absolute Gasteiger partial charge is 0.251 e. The highest BCUT2D eigenvalue weighted by molar-refractivity contribution is 5.94. The number of benzene rings is 2. The van der Waals surface area contributed by atoms with Gasteiger partial charge in [-0.3, -0.25) is 14.6 Å². The molecule has 0 fully saturated rings. The molecule has 3 rings (SSSR count). The second-order valence-corrected chi connectivity index (χ2v) is 7.01. The summed E-state index contributed by atoms with van der Waals surface area (Å²) in [5.74, 6) is 0.724. The number of carbonyl (C=O) groups excluding carboxylic acids is 2. The van der Waals surface area contributed by atoms with E-state index in [-0.39, 0.29) is 11.8 Å². The summed E-state index contributed by atoms with van der Waals surface area (Å²) in [4.78, 5) is 28.6. The van der Waals surface area contributed by atoms with Crippen LogP contribution in [0.1, 0.15) is 28.4 Å². The van der Waals surface area contributed by atoms with Crippen LogP contribution >= 0.6 is 0 Å². The molecule has 166 valence electrons. The average molecular weight is 434 g/mol. The van der Waals surface area contributed by atoms with Gasteiger partial charge in [-0.1, -0.05) is 36.4 Å². The third-order valence-corrected chi connectivity index (χ3v) is 4.56. The molecule has 2 amide bonds. The minimum Gasteiger partial charge on any atom is -0.490 e. The number of pyridine rings is 1. The van der Waals surface area contributed by atoms with Crippen molar-refractivity contribution in [1.82, 2.24) is 15.6 Å². The Morgan fingerprint density at radius 1 is 0.875 bits per heavy atom. The van der Waals surface area contributed by atoms with E-state index in [1.807, 2.05) is 49.4 Å². The first-order valence-electron chi connectivity index (χ1n) is 10.5. The molecular weight excluding hydrogens is 406 g/mol. The van der Waals surface area contributed by atoms with Crippen LogP contribution in [0.25, 0.3) is 0 Å². The number of nitrogens with zero attached hydrogens (tertiary/aromatic N) is 1. The summed E-state index contributed by atoms with van der Waals surface area (Å²) >= 11 is 0. The van der Waals surface area contributed by atoms with Gasteiger partial charge >= 0.3 is 0 Å². The van der Waals surface area contributed by atoms with E-state index < -0.39 is 0 Å². The Balaban J connectivity index is 1.48. The van der Waals surface area contributed by atoms with E-state index in [1.165, 1.54) is 0 Å². The van der Waals surface area contributed by atoms with Crippen molar-refractivity contribution in [2.75, 3.05) is 19.7 Å². The topological polar surface area (TPSA) is 89.6 Å². The summed E-state index contributed by atoms with van der Waals surface area (Å²) < 4.78 is 11.5. The summed E-state index contributed by atoms with van der Waals surface area (Å²) in [5.41, 5.74) is 2.34. The number of carbonyl (C=O) groups is 2. The van der Waals surface area contributed by atoms with Crippen LogP contribution < -0.4 is 20.1 Å². The van der Waals surface area contributed by atoms with Crippen LogP contribution in [0, 0.1) is 0 Å². The second kappa shape index (κ2) is 12.1. The van der Waals surface area contributed by atoms with E-state index in [0.29, 0.717) is 49.8 Å². The Hall–Kier alpha value is -3.87. The van der Waals surface area contributed by atoms with Crippen molar-refractivity contribution in [2.24, 2.45) is 0 Å². The van der Waals surface area contributed by atoms with Gasteiger partial charge in [-0.2, -0.15) is 0 Å². The lowest BCUT2D eigenvalue weighted by molar-refractivity contribution is -0.120. The Bertz CT molecular complexity index is 1010. The molecule has 1 heterocycles. The SMILES string of the molecule is CCOc1cc(C(=O)NCCNC(=O)Cc2ccccc2)ccc1OCc1cccnc1. The quantitative estimate of drug-likeness (QED) is 0.454. The molecule has 2 N–H and O–H groups in total. The van der Waals surface area contributed by atoms with Gasteiger partial charge in [0.15, 0.2) is 11.5 Å². The van der Waals surface area contributed by atoms with Crippen molar-refractivity contribution in [3.8, 4) is 11.5 Å². The lowest BCUT2D eigenvalue weighted by atomic mass is 10.1. The second-order valence-electron chi connectivity index (χ2n) is 7.01. The maximum absolute atomic E-state index is 12.5. The summed E-state index contributed by atoms with van der Waals surface area (Å²) in [5, 5.41) is 5.61. The number of amides is 2. The summed E-state index contributed by atoms with van der Waals surface area (Å²) in [6, 6.07) is 18.3. The van der Waals surface area contributed by atoms with Gasteiger partial charge in [-0.05, 0) is 36.8 Å². The molecule has 0 radical (unpaired) electrons. The van der Waals surface area contributed by atoms with Crippen molar-refractivity contribution >= 4 is 11.8 Å². The zero-order valence-electron chi connectivity index (χ0n) is 18.0. The number of rotatable bonds is 11. The van der Waals surface area contributed by atoms with E-state index in [9.17, 15) is 9.59 Å². The molecule has 7 nitrogen and oxygen atoms in total. The summed E-state index contributed by atoms with van der Waals surface area (Å²) in [7, 11) is 0. The highest BCUT2D eigenvalue weighted by Gasteiger charge is 2.12. The Morgan fingerprint density at radius 2 is 1.66 bits per heavy atom. The number of hydrogen-bond donors (Lipinski definition) is 2. The highest BCUT2D eigenvalue weighted by Crippen LogP contribution is 2.29. The largest absolute Gasteiger partial charge is 0.490 e. The maximum atomic E-state index is 12.5. The molecule has 0 unspecified atom stereocenters. The molecule has 0 saturated carbocycles. The Morgan fingerprint density at radius 3 is 2.41 bits per heavy atom. The standard InChI is InChI=1S/C25H27N3O4/c1-2-31-23-16-21(10-11-22(23)32-18-20-9-6-12-26-17-20)25(30)28-14-13-27-24(29)15-19-7-4-3-5-8-19/h3-12,16-17H,2,13-15,18H2,1H3,(H,27,29)(H,28,30). The van der Waals surface area contributed by atoms with Crippen LogP contribution in [-0.2, 0) is 17.8 Å². The van der Waals surface area contributed by atoms with E-state index in [4.69, 9.17) is 9.47 Å². The van der Waals surface area contributed by atoms with Crippen LogP contribution in [-0.4, -0.2) is 36.5 Å². The van der Waals surface area contributed by atoms with E-state index >= 15 is 0 Å². The van der Waals surface area contributed by atoms with E-state index in [2.05, 4.69) is 15.6 Å². The van der Waals surface area contributed by atoms with Crippen LogP contribution in [0.5, 0.6) is 11.5 Å². The van der Waals surface area contributed by atoms with Crippen LogP contribution in [0.15, 0.2) is 73.1 Å². The zero-order chi connectivity index (χ0) is 22.6. The monoisotopic (exact) mass is 433 g/mol. The molecule has 0 spiro atoms. The number of hydrogen-bond acceptors (Lipinski definition) is 5. The van der Waals surface area contributed by atoms with Crippen molar-refractivity contribution in [2.45, 2.75) is 20.0 Å². The lowest BCUT2D eigenvalue weighted by Crippen LogP contribution is -2.35. The van der Waals surface area contributed by atoms with Gasteiger partial charge in [-0.25, -0.2) is 0 Å². The fourth-order valence-electron chi connectivity index (χ4n) is 3.01. The molecule has 0 atom stereocenters. The van der Waals surface area contributed by atoms with Gasteiger partial charge < -0.3 is 20.1 Å². The van der Waals surface area contributed by atoms with E-state index in [1.54, 1.807) is 30.6 Å². The maximum Gasteiger partial charge on any atom is 0.251 e. The number of nitrogens with one attached hydrogen (secondary N) is 2. The lowest BCUT2D eigenvalue weighted by Gasteiger charge is -2.13. The van der Waals surface area contributed by atoms with Gasteiger partial charge in [0, 0.05) is 36.6 Å². The summed E-state index contributed by atoms with van der Waals surface area (Å²) in [6.07, 6.45) is 3.76. The third kappa shape index (κ3) is 7.12. The molecule has 7 heteroatoms. The van der Waals surface area contributed by atoms with Crippen molar-refractivity contribution < 1.29 is 19.1 Å². The highest BCUT2D eigenvalue weighted by atomic mass is 16.5. The van der Waals surface area contributed by atoms with Crippen LogP contribution in [0.3, 0.4) is 0 Å². The molecule has 0 bridgehead atoms. The predicted octanol–water partition coefficient (Wildman–Crippen LogP) is 3.15. The first-order chi connectivity index (χ1) is 15.7. The molecule has 0 aliphatic rings. The van der Waals surface area contributed by atoms with Gasteiger partial charge in [0.25, 0.3) is 5.91 Å². The molecule has 32 heavy (non-hydrogen) atoms.